The van der Waals surface area contributed by atoms with Gasteiger partial charge in [-0.05, 0) is 6.92 Å². The lowest BCUT2D eigenvalue weighted by atomic mass is 10.4. The second-order valence-corrected chi connectivity index (χ2v) is 3.59. The fourth-order valence-electron chi connectivity index (χ4n) is 0.640. The average molecular weight is 184 g/mol. The SMILES string of the molecule is C=C(C)CSc1nnc(N)n1C. The lowest BCUT2D eigenvalue weighted by Crippen LogP contribution is -1.98. The van der Waals surface area contributed by atoms with Gasteiger partial charge in [0, 0.05) is 12.8 Å². The third kappa shape index (κ3) is 2.01. The Kier molecular flexibility index (Phi) is 2.75. The molecule has 1 aromatic rings. The Morgan fingerprint density at radius 3 is 2.75 bits per heavy atom. The van der Waals surface area contributed by atoms with Crippen LogP contribution in [0.2, 0.25) is 0 Å². The summed E-state index contributed by atoms with van der Waals surface area (Å²) in [6, 6.07) is 0. The minimum Gasteiger partial charge on any atom is -0.368 e. The van der Waals surface area contributed by atoms with Gasteiger partial charge in [0.15, 0.2) is 5.16 Å². The number of anilines is 1. The van der Waals surface area contributed by atoms with E-state index in [0.717, 1.165) is 16.5 Å². The van der Waals surface area contributed by atoms with E-state index in [4.69, 9.17) is 5.73 Å². The van der Waals surface area contributed by atoms with Crippen molar-refractivity contribution >= 4 is 17.7 Å². The molecule has 0 aliphatic carbocycles. The van der Waals surface area contributed by atoms with Crippen LogP contribution in [0.1, 0.15) is 6.92 Å². The van der Waals surface area contributed by atoms with Crippen LogP contribution in [-0.4, -0.2) is 20.5 Å². The van der Waals surface area contributed by atoms with Crippen molar-refractivity contribution in [2.45, 2.75) is 12.1 Å². The number of rotatable bonds is 3. The molecule has 2 N–H and O–H groups in total. The second-order valence-electron chi connectivity index (χ2n) is 2.65. The fourth-order valence-corrected chi connectivity index (χ4v) is 1.40. The van der Waals surface area contributed by atoms with Gasteiger partial charge in [-0.1, -0.05) is 23.9 Å². The zero-order valence-electron chi connectivity index (χ0n) is 7.24. The van der Waals surface area contributed by atoms with E-state index in [2.05, 4.69) is 16.8 Å². The van der Waals surface area contributed by atoms with Crippen LogP contribution in [-0.2, 0) is 7.05 Å². The Morgan fingerprint density at radius 1 is 1.67 bits per heavy atom. The molecule has 0 saturated heterocycles. The smallest absolute Gasteiger partial charge is 0.222 e. The molecule has 0 saturated carbocycles. The Morgan fingerprint density at radius 2 is 2.33 bits per heavy atom. The number of hydrogen-bond donors (Lipinski definition) is 1. The van der Waals surface area contributed by atoms with Crippen LogP contribution in [0.3, 0.4) is 0 Å². The minimum absolute atomic E-state index is 0.444. The molecule has 66 valence electrons. The fraction of sp³-hybridized carbons (Fsp3) is 0.429. The Labute approximate surface area is 75.9 Å². The summed E-state index contributed by atoms with van der Waals surface area (Å²) in [6.45, 7) is 5.78. The summed E-state index contributed by atoms with van der Waals surface area (Å²) >= 11 is 1.59. The highest BCUT2D eigenvalue weighted by Crippen LogP contribution is 2.17. The molecule has 0 aliphatic heterocycles. The standard InChI is InChI=1S/C7H12N4S/c1-5(2)4-12-7-10-9-6(8)11(7)3/h1,4H2,2-3H3,(H2,8,9). The highest BCUT2D eigenvalue weighted by molar-refractivity contribution is 7.99. The number of thioether (sulfide) groups is 1. The molecule has 0 radical (unpaired) electrons. The lowest BCUT2D eigenvalue weighted by molar-refractivity contribution is 0.796. The summed E-state index contributed by atoms with van der Waals surface area (Å²) in [7, 11) is 1.84. The van der Waals surface area contributed by atoms with Crippen molar-refractivity contribution in [3.8, 4) is 0 Å². The van der Waals surface area contributed by atoms with Crippen LogP contribution in [0.25, 0.3) is 0 Å². The van der Waals surface area contributed by atoms with Gasteiger partial charge in [-0.2, -0.15) is 0 Å². The van der Waals surface area contributed by atoms with Gasteiger partial charge in [-0.25, -0.2) is 0 Å². The van der Waals surface area contributed by atoms with Crippen LogP contribution < -0.4 is 5.73 Å². The zero-order valence-corrected chi connectivity index (χ0v) is 8.06. The third-order valence-electron chi connectivity index (χ3n) is 1.32. The molecule has 0 aromatic carbocycles. The van der Waals surface area contributed by atoms with Crippen molar-refractivity contribution in [3.63, 3.8) is 0 Å². The van der Waals surface area contributed by atoms with Crippen LogP contribution >= 0.6 is 11.8 Å². The van der Waals surface area contributed by atoms with Gasteiger partial charge in [0.2, 0.25) is 5.95 Å². The molecule has 0 amide bonds. The molecule has 4 nitrogen and oxygen atoms in total. The van der Waals surface area contributed by atoms with E-state index < -0.39 is 0 Å². The second kappa shape index (κ2) is 3.62. The first-order valence-corrected chi connectivity index (χ1v) is 4.52. The van der Waals surface area contributed by atoms with Gasteiger partial charge in [-0.15, -0.1) is 10.2 Å². The van der Waals surface area contributed by atoms with Crippen molar-refractivity contribution in [2.75, 3.05) is 11.5 Å². The molecule has 1 rings (SSSR count). The maximum absolute atomic E-state index is 5.50. The molecular formula is C7H12N4S. The van der Waals surface area contributed by atoms with Gasteiger partial charge in [0.1, 0.15) is 0 Å². The monoisotopic (exact) mass is 184 g/mol. The van der Waals surface area contributed by atoms with E-state index in [0.29, 0.717) is 5.95 Å². The van der Waals surface area contributed by atoms with Crippen LogP contribution in [0.4, 0.5) is 5.95 Å². The van der Waals surface area contributed by atoms with Gasteiger partial charge in [-0.3, -0.25) is 4.57 Å². The predicted octanol–water partition coefficient (Wildman–Crippen LogP) is 1.07. The molecule has 0 bridgehead atoms. The van der Waals surface area contributed by atoms with Crippen molar-refractivity contribution in [1.82, 2.24) is 14.8 Å². The summed E-state index contributed by atoms with van der Waals surface area (Å²) in [5.41, 5.74) is 6.61. The molecule has 0 fully saturated rings. The Balaban J connectivity index is 2.63. The van der Waals surface area contributed by atoms with Crippen molar-refractivity contribution in [1.29, 1.82) is 0 Å². The number of aromatic nitrogens is 3. The van der Waals surface area contributed by atoms with Gasteiger partial charge in [0.05, 0.1) is 0 Å². The summed E-state index contributed by atoms with van der Waals surface area (Å²) in [5, 5.41) is 8.46. The lowest BCUT2D eigenvalue weighted by Gasteiger charge is -1.99. The van der Waals surface area contributed by atoms with Crippen molar-refractivity contribution in [2.24, 2.45) is 7.05 Å². The van der Waals surface area contributed by atoms with Gasteiger partial charge >= 0.3 is 0 Å². The molecule has 1 aromatic heterocycles. The third-order valence-corrected chi connectivity index (χ3v) is 2.57. The van der Waals surface area contributed by atoms with Crippen LogP contribution in [0.15, 0.2) is 17.3 Å². The summed E-state index contributed by atoms with van der Waals surface area (Å²) in [4.78, 5) is 0. The zero-order chi connectivity index (χ0) is 9.14. The van der Waals surface area contributed by atoms with E-state index in [-0.39, 0.29) is 0 Å². The quantitative estimate of drug-likeness (QED) is 0.564. The number of hydrogen-bond acceptors (Lipinski definition) is 4. The Hall–Kier alpha value is -0.970. The first kappa shape index (κ1) is 9.12. The molecule has 0 aliphatic rings. The molecule has 0 atom stereocenters. The van der Waals surface area contributed by atoms with E-state index in [1.165, 1.54) is 0 Å². The molecule has 0 spiro atoms. The van der Waals surface area contributed by atoms with E-state index in [1.54, 1.807) is 16.3 Å². The highest BCUT2D eigenvalue weighted by Gasteiger charge is 2.04. The topological polar surface area (TPSA) is 56.7 Å². The largest absolute Gasteiger partial charge is 0.368 e. The first-order valence-electron chi connectivity index (χ1n) is 3.53. The van der Waals surface area contributed by atoms with Crippen molar-refractivity contribution < 1.29 is 0 Å². The molecule has 12 heavy (non-hydrogen) atoms. The van der Waals surface area contributed by atoms with Crippen molar-refractivity contribution in [3.05, 3.63) is 12.2 Å². The molecule has 5 heteroatoms. The number of nitrogens with two attached hydrogens (primary N) is 1. The molecular weight excluding hydrogens is 172 g/mol. The normalized spacial score (nSPS) is 10.2. The number of nitrogen functional groups attached to an aromatic ring is 1. The van der Waals surface area contributed by atoms with E-state index >= 15 is 0 Å². The average Bonchev–Trinajstić information content (AvgIpc) is 2.30. The minimum atomic E-state index is 0.444. The molecule has 0 unspecified atom stereocenters. The maximum atomic E-state index is 5.50. The predicted molar refractivity (Wildman–Crippen MR) is 51.0 cm³/mol. The molecule has 1 heterocycles. The summed E-state index contributed by atoms with van der Waals surface area (Å²) < 4.78 is 1.76. The Bertz CT molecular complexity index is 292. The van der Waals surface area contributed by atoms with Crippen LogP contribution in [0.5, 0.6) is 0 Å². The highest BCUT2D eigenvalue weighted by atomic mass is 32.2. The van der Waals surface area contributed by atoms with Crippen LogP contribution in [0, 0.1) is 0 Å². The summed E-state index contributed by atoms with van der Waals surface area (Å²) in [5.74, 6) is 1.30. The maximum Gasteiger partial charge on any atom is 0.222 e. The van der Waals surface area contributed by atoms with E-state index in [1.807, 2.05) is 14.0 Å². The van der Waals surface area contributed by atoms with Gasteiger partial charge in [0.25, 0.3) is 0 Å². The first-order chi connectivity index (χ1) is 5.61. The van der Waals surface area contributed by atoms with E-state index in [9.17, 15) is 0 Å². The van der Waals surface area contributed by atoms with Gasteiger partial charge < -0.3 is 5.73 Å². The summed E-state index contributed by atoms with van der Waals surface area (Å²) in [6.07, 6.45) is 0. The number of nitrogens with zero attached hydrogens (tertiary/aromatic N) is 3.